The largest absolute Gasteiger partial charge is 0.340 e. The van der Waals surface area contributed by atoms with Crippen LogP contribution < -0.4 is 4.90 Å². The maximum absolute atomic E-state index is 4.23. The lowest BCUT2D eigenvalue weighted by atomic mass is 9.95. The van der Waals surface area contributed by atoms with Crippen molar-refractivity contribution in [1.29, 1.82) is 0 Å². The van der Waals surface area contributed by atoms with Gasteiger partial charge in [-0.25, -0.2) is 0 Å². The zero-order chi connectivity index (χ0) is 27.1. The van der Waals surface area contributed by atoms with Crippen molar-refractivity contribution < 1.29 is 0 Å². The Bertz CT molecular complexity index is 2200. The zero-order valence-electron chi connectivity index (χ0n) is 22.5. The van der Waals surface area contributed by atoms with Gasteiger partial charge in [-0.2, -0.15) is 0 Å². The molecule has 3 heterocycles. The standard InChI is InChI=1S/C38H27N3/c1-2-39-32-15-7-3-13-29(32)30-23-24-36-37(38(30)39)31-14-6-10-18-35(31)41(36)26-21-19-25(20-22-26)40-33-16-8-4-11-27(33)28-12-5-9-17-34(28)40/h2-14,16-24,32H,1,15H2. The summed E-state index contributed by atoms with van der Waals surface area (Å²) >= 11 is 0. The number of fused-ring (bicyclic) bond motifs is 10. The Labute approximate surface area is 238 Å². The van der Waals surface area contributed by atoms with Crippen LogP contribution in [0.3, 0.4) is 0 Å². The molecule has 0 amide bonds. The molecule has 0 saturated heterocycles. The summed E-state index contributed by atoms with van der Waals surface area (Å²) in [5.41, 5.74) is 11.2. The third-order valence-electron chi connectivity index (χ3n) is 8.99. The van der Waals surface area contributed by atoms with Crippen LogP contribution in [0.5, 0.6) is 0 Å². The Morgan fingerprint density at radius 2 is 1.17 bits per heavy atom. The topological polar surface area (TPSA) is 13.1 Å². The van der Waals surface area contributed by atoms with Gasteiger partial charge in [0.15, 0.2) is 0 Å². The van der Waals surface area contributed by atoms with Crippen molar-refractivity contribution in [2.24, 2.45) is 0 Å². The van der Waals surface area contributed by atoms with Crippen LogP contribution in [0.25, 0.3) is 60.6 Å². The lowest BCUT2D eigenvalue weighted by Crippen LogP contribution is -2.26. The van der Waals surface area contributed by atoms with E-state index in [1.54, 1.807) is 0 Å². The van der Waals surface area contributed by atoms with Gasteiger partial charge >= 0.3 is 0 Å². The van der Waals surface area contributed by atoms with Crippen molar-refractivity contribution in [2.75, 3.05) is 4.90 Å². The van der Waals surface area contributed by atoms with Crippen molar-refractivity contribution in [3.63, 3.8) is 0 Å². The number of hydrogen-bond donors (Lipinski definition) is 0. The molecule has 9 rings (SSSR count). The van der Waals surface area contributed by atoms with E-state index in [1.165, 1.54) is 60.4 Å². The molecular formula is C38H27N3. The molecule has 3 nitrogen and oxygen atoms in total. The third-order valence-corrected chi connectivity index (χ3v) is 8.99. The van der Waals surface area contributed by atoms with Crippen LogP contribution in [-0.2, 0) is 0 Å². The molecule has 1 aliphatic carbocycles. The number of para-hydroxylation sites is 3. The maximum Gasteiger partial charge on any atom is 0.0627 e. The fourth-order valence-corrected chi connectivity index (χ4v) is 7.30. The van der Waals surface area contributed by atoms with Gasteiger partial charge in [0.1, 0.15) is 0 Å². The molecule has 0 bridgehead atoms. The van der Waals surface area contributed by atoms with Crippen molar-refractivity contribution in [2.45, 2.75) is 12.5 Å². The summed E-state index contributed by atoms with van der Waals surface area (Å²) in [4.78, 5) is 2.38. The minimum absolute atomic E-state index is 0.311. The molecule has 1 atom stereocenters. The Morgan fingerprint density at radius 3 is 1.80 bits per heavy atom. The Morgan fingerprint density at radius 1 is 0.610 bits per heavy atom. The first-order chi connectivity index (χ1) is 20.3. The number of anilines is 1. The van der Waals surface area contributed by atoms with E-state index in [1.807, 2.05) is 6.20 Å². The SMILES string of the molecule is C=CN1c2c(ccc3c2c2ccccc2n3-c2ccc(-n3c4ccccc4c4ccccc43)cc2)C2=CC=CCC21. The Balaban J connectivity index is 1.27. The molecule has 2 aromatic heterocycles. The van der Waals surface area contributed by atoms with Crippen molar-refractivity contribution >= 4 is 54.9 Å². The van der Waals surface area contributed by atoms with E-state index in [2.05, 4.69) is 148 Å². The first-order valence-corrected chi connectivity index (χ1v) is 14.3. The molecular weight excluding hydrogens is 498 g/mol. The van der Waals surface area contributed by atoms with Crippen LogP contribution in [0.4, 0.5) is 5.69 Å². The Kier molecular flexibility index (Phi) is 4.59. The van der Waals surface area contributed by atoms with E-state index in [0.717, 1.165) is 17.8 Å². The van der Waals surface area contributed by atoms with Crippen LogP contribution in [-0.4, -0.2) is 15.2 Å². The van der Waals surface area contributed by atoms with E-state index in [0.29, 0.717) is 6.04 Å². The normalized spacial score (nSPS) is 16.0. The van der Waals surface area contributed by atoms with E-state index >= 15 is 0 Å². The quantitative estimate of drug-likeness (QED) is 0.224. The van der Waals surface area contributed by atoms with Crippen LogP contribution in [0.2, 0.25) is 0 Å². The molecule has 1 aliphatic heterocycles. The van der Waals surface area contributed by atoms with Gasteiger partial charge in [-0.1, -0.05) is 85.5 Å². The van der Waals surface area contributed by atoms with E-state index in [4.69, 9.17) is 0 Å². The van der Waals surface area contributed by atoms with Gasteiger partial charge < -0.3 is 14.0 Å². The first kappa shape index (κ1) is 22.5. The van der Waals surface area contributed by atoms with Gasteiger partial charge in [0, 0.05) is 38.5 Å². The van der Waals surface area contributed by atoms with Gasteiger partial charge in [-0.05, 0) is 66.7 Å². The number of aromatic nitrogens is 2. The summed E-state index contributed by atoms with van der Waals surface area (Å²) in [5.74, 6) is 0. The first-order valence-electron chi connectivity index (χ1n) is 14.3. The van der Waals surface area contributed by atoms with Crippen molar-refractivity contribution in [3.05, 3.63) is 146 Å². The predicted octanol–water partition coefficient (Wildman–Crippen LogP) is 9.56. The minimum Gasteiger partial charge on any atom is -0.340 e. The fourth-order valence-electron chi connectivity index (χ4n) is 7.30. The summed E-state index contributed by atoms with van der Waals surface area (Å²) < 4.78 is 4.79. The van der Waals surface area contributed by atoms with Crippen LogP contribution in [0.1, 0.15) is 12.0 Å². The van der Waals surface area contributed by atoms with E-state index in [9.17, 15) is 0 Å². The fraction of sp³-hybridized carbons (Fsp3) is 0.0526. The third kappa shape index (κ3) is 2.98. The molecule has 194 valence electrons. The number of allylic oxidation sites excluding steroid dienone is 2. The van der Waals surface area contributed by atoms with Gasteiger partial charge in [-0.3, -0.25) is 0 Å². The average Bonchev–Trinajstić information content (AvgIpc) is 3.67. The molecule has 2 aliphatic rings. The highest BCUT2D eigenvalue weighted by atomic mass is 15.2. The summed E-state index contributed by atoms with van der Waals surface area (Å²) in [7, 11) is 0. The molecule has 0 radical (unpaired) electrons. The second-order valence-corrected chi connectivity index (χ2v) is 11.0. The van der Waals surface area contributed by atoms with Gasteiger partial charge in [0.25, 0.3) is 0 Å². The monoisotopic (exact) mass is 525 g/mol. The average molecular weight is 526 g/mol. The molecule has 0 saturated carbocycles. The Hall–Kier alpha value is -5.28. The maximum atomic E-state index is 4.23. The minimum atomic E-state index is 0.311. The molecule has 41 heavy (non-hydrogen) atoms. The number of benzene rings is 5. The van der Waals surface area contributed by atoms with Crippen LogP contribution in [0.15, 0.2) is 140 Å². The van der Waals surface area contributed by atoms with Crippen LogP contribution in [0, 0.1) is 0 Å². The highest BCUT2D eigenvalue weighted by molar-refractivity contribution is 6.19. The number of rotatable bonds is 3. The molecule has 0 N–H and O–H groups in total. The molecule has 7 aromatic rings. The highest BCUT2D eigenvalue weighted by Crippen LogP contribution is 2.50. The molecule has 0 spiro atoms. The summed E-state index contributed by atoms with van der Waals surface area (Å²) in [6, 6.07) is 40.1. The lowest BCUT2D eigenvalue weighted by Gasteiger charge is -2.24. The molecule has 1 unspecified atom stereocenters. The second-order valence-electron chi connectivity index (χ2n) is 11.0. The summed E-state index contributed by atoms with van der Waals surface area (Å²) in [5, 5.41) is 5.12. The predicted molar refractivity (Wildman–Crippen MR) is 173 cm³/mol. The summed E-state index contributed by atoms with van der Waals surface area (Å²) in [6.07, 6.45) is 9.73. The van der Waals surface area contributed by atoms with Gasteiger partial charge in [-0.15, -0.1) is 0 Å². The van der Waals surface area contributed by atoms with Crippen molar-refractivity contribution in [1.82, 2.24) is 9.13 Å². The van der Waals surface area contributed by atoms with Crippen LogP contribution >= 0.6 is 0 Å². The highest BCUT2D eigenvalue weighted by Gasteiger charge is 2.35. The number of hydrogen-bond acceptors (Lipinski definition) is 1. The summed E-state index contributed by atoms with van der Waals surface area (Å²) in [6.45, 7) is 4.23. The molecule has 5 aromatic carbocycles. The van der Waals surface area contributed by atoms with E-state index in [-0.39, 0.29) is 0 Å². The van der Waals surface area contributed by atoms with Crippen molar-refractivity contribution in [3.8, 4) is 11.4 Å². The molecule has 3 heteroatoms. The smallest absolute Gasteiger partial charge is 0.0627 e. The number of nitrogens with zero attached hydrogens (tertiary/aromatic N) is 3. The van der Waals surface area contributed by atoms with E-state index < -0.39 is 0 Å². The van der Waals surface area contributed by atoms with Gasteiger partial charge in [0.05, 0.1) is 33.8 Å². The lowest BCUT2D eigenvalue weighted by molar-refractivity contribution is 0.827. The molecule has 0 fully saturated rings. The zero-order valence-corrected chi connectivity index (χ0v) is 22.5. The van der Waals surface area contributed by atoms with Gasteiger partial charge in [0.2, 0.25) is 0 Å². The second kappa shape index (κ2) is 8.36.